The van der Waals surface area contributed by atoms with Gasteiger partial charge in [-0.2, -0.15) is 0 Å². The minimum atomic E-state index is 0.223. The normalized spacial score (nSPS) is 10.0. The number of Topliss-reactive ketones (excluding diaryl/α,β-unsaturated/α-hetero) is 1. The molecule has 3 nitrogen and oxygen atoms in total. The molecule has 0 saturated heterocycles. The van der Waals surface area contributed by atoms with E-state index in [1.807, 2.05) is 13.8 Å². The van der Waals surface area contributed by atoms with E-state index in [4.69, 9.17) is 0 Å². The predicted molar refractivity (Wildman–Crippen MR) is 50.4 cm³/mol. The maximum Gasteiger partial charge on any atom is 0.138 e. The second kappa shape index (κ2) is 4.70. The van der Waals surface area contributed by atoms with Gasteiger partial charge < -0.3 is 0 Å². The van der Waals surface area contributed by atoms with Crippen LogP contribution in [0.3, 0.4) is 0 Å². The van der Waals surface area contributed by atoms with E-state index in [0.717, 1.165) is 17.9 Å². The zero-order valence-corrected chi connectivity index (χ0v) is 8.08. The second-order valence-electron chi connectivity index (χ2n) is 2.89. The Morgan fingerprint density at radius 3 is 2.85 bits per heavy atom. The smallest absolute Gasteiger partial charge is 0.138 e. The summed E-state index contributed by atoms with van der Waals surface area (Å²) < 4.78 is 0. The Bertz CT molecular complexity index is 297. The summed E-state index contributed by atoms with van der Waals surface area (Å²) in [6, 6.07) is 1.80. The lowest BCUT2D eigenvalue weighted by Gasteiger charge is -1.99. The van der Waals surface area contributed by atoms with Crippen molar-refractivity contribution in [3.8, 4) is 0 Å². The van der Waals surface area contributed by atoms with Gasteiger partial charge in [0.05, 0.1) is 5.69 Å². The third kappa shape index (κ3) is 2.93. The minimum absolute atomic E-state index is 0.223. The first-order valence-corrected chi connectivity index (χ1v) is 4.58. The molecule has 0 bridgehead atoms. The van der Waals surface area contributed by atoms with Crippen LogP contribution in [0.5, 0.6) is 0 Å². The van der Waals surface area contributed by atoms with Gasteiger partial charge in [-0.1, -0.05) is 13.8 Å². The highest BCUT2D eigenvalue weighted by molar-refractivity contribution is 5.80. The van der Waals surface area contributed by atoms with Crippen LogP contribution < -0.4 is 0 Å². The van der Waals surface area contributed by atoms with E-state index in [-0.39, 0.29) is 5.78 Å². The van der Waals surface area contributed by atoms with E-state index >= 15 is 0 Å². The van der Waals surface area contributed by atoms with Gasteiger partial charge in [0, 0.05) is 25.5 Å². The highest BCUT2D eigenvalue weighted by Crippen LogP contribution is 1.99. The number of carbonyl (C=O) groups is 1. The SMILES string of the molecule is CCC(=O)Cc1ccnc(CC)n1. The minimum Gasteiger partial charge on any atom is -0.299 e. The zero-order chi connectivity index (χ0) is 9.68. The largest absolute Gasteiger partial charge is 0.299 e. The molecule has 0 radical (unpaired) electrons. The van der Waals surface area contributed by atoms with Gasteiger partial charge >= 0.3 is 0 Å². The highest BCUT2D eigenvalue weighted by atomic mass is 16.1. The number of aromatic nitrogens is 2. The summed E-state index contributed by atoms with van der Waals surface area (Å²) in [5.41, 5.74) is 0.832. The molecule has 0 N–H and O–H groups in total. The van der Waals surface area contributed by atoms with Crippen LogP contribution in [-0.2, 0) is 17.6 Å². The number of nitrogens with zero attached hydrogens (tertiary/aromatic N) is 2. The average Bonchev–Trinajstić information content (AvgIpc) is 2.18. The Kier molecular flexibility index (Phi) is 3.55. The lowest BCUT2D eigenvalue weighted by atomic mass is 10.2. The zero-order valence-electron chi connectivity index (χ0n) is 8.08. The van der Waals surface area contributed by atoms with Crippen molar-refractivity contribution in [2.45, 2.75) is 33.1 Å². The molecule has 1 aromatic rings. The molecule has 0 aliphatic carbocycles. The summed E-state index contributed by atoms with van der Waals surface area (Å²) in [4.78, 5) is 19.4. The molecule has 0 atom stereocenters. The van der Waals surface area contributed by atoms with Gasteiger partial charge in [0.1, 0.15) is 11.6 Å². The van der Waals surface area contributed by atoms with E-state index in [1.165, 1.54) is 0 Å². The van der Waals surface area contributed by atoms with E-state index in [2.05, 4.69) is 9.97 Å². The van der Waals surface area contributed by atoms with Crippen molar-refractivity contribution in [2.75, 3.05) is 0 Å². The molecule has 1 rings (SSSR count). The van der Waals surface area contributed by atoms with Crippen LogP contribution in [0, 0.1) is 0 Å². The van der Waals surface area contributed by atoms with Crippen LogP contribution in [0.4, 0.5) is 0 Å². The van der Waals surface area contributed by atoms with Gasteiger partial charge in [-0.15, -0.1) is 0 Å². The first-order valence-electron chi connectivity index (χ1n) is 4.58. The molecule has 0 unspecified atom stereocenters. The average molecular weight is 178 g/mol. The summed E-state index contributed by atoms with van der Waals surface area (Å²) in [6.07, 6.45) is 3.54. The standard InChI is InChI=1S/C10H14N2O/c1-3-9(13)7-8-5-6-11-10(4-2)12-8/h5-6H,3-4,7H2,1-2H3. The van der Waals surface area contributed by atoms with Gasteiger partial charge in [0.25, 0.3) is 0 Å². The molecular formula is C10H14N2O. The summed E-state index contributed by atoms with van der Waals surface area (Å²) in [5, 5.41) is 0. The van der Waals surface area contributed by atoms with Gasteiger partial charge in [-0.05, 0) is 6.07 Å². The third-order valence-corrected chi connectivity index (χ3v) is 1.85. The van der Waals surface area contributed by atoms with Crippen LogP contribution in [0.15, 0.2) is 12.3 Å². The monoisotopic (exact) mass is 178 g/mol. The van der Waals surface area contributed by atoms with Crippen LogP contribution >= 0.6 is 0 Å². The molecule has 13 heavy (non-hydrogen) atoms. The van der Waals surface area contributed by atoms with Gasteiger partial charge in [-0.3, -0.25) is 4.79 Å². The molecule has 0 aliphatic heterocycles. The Labute approximate surface area is 78.2 Å². The first kappa shape index (κ1) is 9.84. The van der Waals surface area contributed by atoms with E-state index < -0.39 is 0 Å². The molecule has 0 spiro atoms. The van der Waals surface area contributed by atoms with Gasteiger partial charge in [0.15, 0.2) is 0 Å². The predicted octanol–water partition coefficient (Wildman–Crippen LogP) is 1.56. The van der Waals surface area contributed by atoms with Crippen LogP contribution in [0.2, 0.25) is 0 Å². The van der Waals surface area contributed by atoms with E-state index in [9.17, 15) is 4.79 Å². The Balaban J connectivity index is 2.71. The highest BCUT2D eigenvalue weighted by Gasteiger charge is 2.02. The third-order valence-electron chi connectivity index (χ3n) is 1.85. The maximum absolute atomic E-state index is 11.1. The van der Waals surface area contributed by atoms with Crippen molar-refractivity contribution in [2.24, 2.45) is 0 Å². The molecule has 70 valence electrons. The summed E-state index contributed by atoms with van der Waals surface area (Å²) in [6.45, 7) is 3.87. The van der Waals surface area contributed by atoms with Crippen molar-refractivity contribution in [1.82, 2.24) is 9.97 Å². The number of hydrogen-bond donors (Lipinski definition) is 0. The van der Waals surface area contributed by atoms with Gasteiger partial charge in [0.2, 0.25) is 0 Å². The van der Waals surface area contributed by atoms with Crippen molar-refractivity contribution in [3.05, 3.63) is 23.8 Å². The second-order valence-corrected chi connectivity index (χ2v) is 2.89. The maximum atomic E-state index is 11.1. The molecule has 0 amide bonds. The molecule has 1 heterocycles. The van der Waals surface area contributed by atoms with E-state index in [1.54, 1.807) is 12.3 Å². The molecular weight excluding hydrogens is 164 g/mol. The fourth-order valence-corrected chi connectivity index (χ4v) is 1.04. The molecule has 3 heteroatoms. The summed E-state index contributed by atoms with van der Waals surface area (Å²) in [7, 11) is 0. The van der Waals surface area contributed by atoms with Crippen molar-refractivity contribution >= 4 is 5.78 Å². The first-order chi connectivity index (χ1) is 6.26. The van der Waals surface area contributed by atoms with Crippen LogP contribution in [0.1, 0.15) is 31.8 Å². The lowest BCUT2D eigenvalue weighted by molar-refractivity contribution is -0.118. The van der Waals surface area contributed by atoms with Gasteiger partial charge in [-0.25, -0.2) is 9.97 Å². The summed E-state index contributed by atoms with van der Waals surface area (Å²) in [5.74, 6) is 1.03. The Morgan fingerprint density at radius 1 is 1.46 bits per heavy atom. The number of rotatable bonds is 4. The van der Waals surface area contributed by atoms with Crippen molar-refractivity contribution in [1.29, 1.82) is 0 Å². The number of carbonyl (C=O) groups excluding carboxylic acids is 1. The quantitative estimate of drug-likeness (QED) is 0.702. The fourth-order valence-electron chi connectivity index (χ4n) is 1.04. The fraction of sp³-hybridized carbons (Fsp3) is 0.500. The number of aryl methyl sites for hydroxylation is 1. The van der Waals surface area contributed by atoms with Crippen molar-refractivity contribution in [3.63, 3.8) is 0 Å². The molecule has 0 aromatic carbocycles. The molecule has 0 fully saturated rings. The van der Waals surface area contributed by atoms with Crippen molar-refractivity contribution < 1.29 is 4.79 Å². The molecule has 1 aromatic heterocycles. The Hall–Kier alpha value is -1.25. The van der Waals surface area contributed by atoms with Crippen LogP contribution in [-0.4, -0.2) is 15.8 Å². The number of ketones is 1. The Morgan fingerprint density at radius 2 is 2.23 bits per heavy atom. The van der Waals surface area contributed by atoms with E-state index in [0.29, 0.717) is 12.8 Å². The topological polar surface area (TPSA) is 42.9 Å². The molecule has 0 aliphatic rings. The number of hydrogen-bond acceptors (Lipinski definition) is 3. The summed E-state index contributed by atoms with van der Waals surface area (Å²) >= 11 is 0. The molecule has 0 saturated carbocycles. The lowest BCUT2D eigenvalue weighted by Crippen LogP contribution is -2.04. The van der Waals surface area contributed by atoms with Crippen LogP contribution in [0.25, 0.3) is 0 Å².